The van der Waals surface area contributed by atoms with Crippen LogP contribution < -0.4 is 5.32 Å². The Morgan fingerprint density at radius 1 is 0.875 bits per heavy atom. The van der Waals surface area contributed by atoms with E-state index < -0.39 is 0 Å². The van der Waals surface area contributed by atoms with E-state index in [9.17, 15) is 0 Å². The Hall–Kier alpha value is 0.230. The first kappa shape index (κ1) is 18.6. The van der Waals surface area contributed by atoms with Crippen molar-refractivity contribution in [3.8, 4) is 0 Å². The molecular weight excluding hydrogens is 222 g/mol. The van der Waals surface area contributed by atoms with Gasteiger partial charge in [0.05, 0.1) is 19.8 Å². The molecule has 0 aliphatic heterocycles. The lowest BCUT2D eigenvalue weighted by atomic mass is 10.2. The fraction of sp³-hybridized carbons (Fsp3) is 1.00. The van der Waals surface area contributed by atoms with Crippen molar-refractivity contribution in [3.05, 3.63) is 0 Å². The van der Waals surface area contributed by atoms with Crippen LogP contribution in [0.25, 0.3) is 0 Å². The van der Waals surface area contributed by atoms with Crippen molar-refractivity contribution in [2.75, 3.05) is 39.5 Å². The zero-order valence-electron chi connectivity index (χ0n) is 10.9. The predicted molar refractivity (Wildman–Crippen MR) is 76.8 cm³/mol. The molecule has 0 saturated carbocycles. The van der Waals surface area contributed by atoms with Crippen molar-refractivity contribution in [1.82, 2.24) is 5.32 Å². The van der Waals surface area contributed by atoms with Gasteiger partial charge in [-0.15, -0.1) is 0 Å². The van der Waals surface area contributed by atoms with Crippen molar-refractivity contribution in [2.24, 2.45) is 0 Å². The summed E-state index contributed by atoms with van der Waals surface area (Å²) < 4.78 is 10.8. The van der Waals surface area contributed by atoms with Gasteiger partial charge in [0.15, 0.2) is 0 Å². The normalized spacial score (nSPS) is 10.1. The molecule has 4 heteroatoms. The van der Waals surface area contributed by atoms with Crippen LogP contribution in [0.3, 0.4) is 0 Å². The monoisotopic (exact) mass is 253 g/mol. The SMILES string of the molecule is CCCCCCOCCOCCNCC.S.[HH]. The lowest BCUT2D eigenvalue weighted by molar-refractivity contribution is 0.0475. The second-order valence-corrected chi connectivity index (χ2v) is 3.64. The Kier molecular flexibility index (Phi) is 20.5. The van der Waals surface area contributed by atoms with E-state index >= 15 is 0 Å². The summed E-state index contributed by atoms with van der Waals surface area (Å²) in [4.78, 5) is 0. The van der Waals surface area contributed by atoms with Crippen molar-refractivity contribution < 1.29 is 10.9 Å². The fourth-order valence-electron chi connectivity index (χ4n) is 1.27. The average Bonchev–Trinajstić information content (AvgIpc) is 2.26. The van der Waals surface area contributed by atoms with Gasteiger partial charge >= 0.3 is 0 Å². The van der Waals surface area contributed by atoms with E-state index in [2.05, 4.69) is 19.2 Å². The van der Waals surface area contributed by atoms with Crippen LogP contribution in [0.5, 0.6) is 0 Å². The molecule has 0 amide bonds. The molecule has 0 aliphatic rings. The van der Waals surface area contributed by atoms with Gasteiger partial charge in [-0.25, -0.2) is 0 Å². The van der Waals surface area contributed by atoms with E-state index in [0.29, 0.717) is 0 Å². The first-order valence-corrected chi connectivity index (χ1v) is 6.28. The molecule has 0 fully saturated rings. The minimum Gasteiger partial charge on any atom is -0.379 e. The standard InChI is InChI=1S/C12H27NO2.H2S.H2/c1-3-5-6-7-9-14-11-12-15-10-8-13-4-2;;/h13H,3-12H2,1-2H3;1H2;1H. The Balaban J connectivity index is -0.000000980. The highest BCUT2D eigenvalue weighted by molar-refractivity contribution is 7.59. The van der Waals surface area contributed by atoms with Gasteiger partial charge in [-0.3, -0.25) is 0 Å². The summed E-state index contributed by atoms with van der Waals surface area (Å²) in [5, 5.41) is 3.21. The number of nitrogens with one attached hydrogen (secondary N) is 1. The summed E-state index contributed by atoms with van der Waals surface area (Å²) >= 11 is 0. The topological polar surface area (TPSA) is 30.5 Å². The van der Waals surface area contributed by atoms with Gasteiger partial charge < -0.3 is 14.8 Å². The molecule has 0 saturated heterocycles. The zero-order chi connectivity index (χ0) is 11.2. The highest BCUT2D eigenvalue weighted by atomic mass is 32.1. The Morgan fingerprint density at radius 2 is 1.56 bits per heavy atom. The quantitative estimate of drug-likeness (QED) is 0.542. The van der Waals surface area contributed by atoms with Gasteiger partial charge in [0.25, 0.3) is 0 Å². The molecule has 1 N–H and O–H groups in total. The molecule has 16 heavy (non-hydrogen) atoms. The van der Waals surface area contributed by atoms with Gasteiger partial charge in [0, 0.05) is 14.6 Å². The van der Waals surface area contributed by atoms with Crippen LogP contribution in [0.4, 0.5) is 0 Å². The molecule has 0 atom stereocenters. The minimum atomic E-state index is 0. The summed E-state index contributed by atoms with van der Waals surface area (Å²) in [5.41, 5.74) is 0. The summed E-state index contributed by atoms with van der Waals surface area (Å²) in [5.74, 6) is 0. The molecule has 0 aliphatic carbocycles. The van der Waals surface area contributed by atoms with E-state index in [4.69, 9.17) is 9.47 Å². The first-order valence-electron chi connectivity index (χ1n) is 6.28. The van der Waals surface area contributed by atoms with E-state index in [1.807, 2.05) is 0 Å². The highest BCUT2D eigenvalue weighted by Gasteiger charge is 1.90. The first-order chi connectivity index (χ1) is 7.41. The molecular formula is C12H31NO2S. The zero-order valence-corrected chi connectivity index (χ0v) is 11.9. The number of rotatable bonds is 12. The molecule has 0 heterocycles. The van der Waals surface area contributed by atoms with Gasteiger partial charge in [-0.05, 0) is 13.0 Å². The van der Waals surface area contributed by atoms with Crippen LogP contribution in [-0.4, -0.2) is 39.5 Å². The maximum atomic E-state index is 5.44. The minimum absolute atomic E-state index is 0. The summed E-state index contributed by atoms with van der Waals surface area (Å²) in [6.45, 7) is 9.39. The van der Waals surface area contributed by atoms with E-state index in [0.717, 1.165) is 39.5 Å². The molecule has 0 bridgehead atoms. The number of unbranched alkanes of at least 4 members (excludes halogenated alkanes) is 3. The maximum Gasteiger partial charge on any atom is 0.0701 e. The lowest BCUT2D eigenvalue weighted by Gasteiger charge is -2.05. The summed E-state index contributed by atoms with van der Waals surface area (Å²) in [6.07, 6.45) is 5.08. The van der Waals surface area contributed by atoms with Crippen LogP contribution in [0.15, 0.2) is 0 Å². The molecule has 0 unspecified atom stereocenters. The fourth-order valence-corrected chi connectivity index (χ4v) is 1.27. The Morgan fingerprint density at radius 3 is 2.19 bits per heavy atom. The van der Waals surface area contributed by atoms with Gasteiger partial charge in [-0.1, -0.05) is 33.1 Å². The Labute approximate surface area is 109 Å². The van der Waals surface area contributed by atoms with Crippen LogP contribution >= 0.6 is 13.5 Å². The highest BCUT2D eigenvalue weighted by Crippen LogP contribution is 1.98. The average molecular weight is 253 g/mol. The summed E-state index contributed by atoms with van der Waals surface area (Å²) in [6, 6.07) is 0. The number of ether oxygens (including phenoxy) is 2. The Bertz CT molecular complexity index is 109. The van der Waals surface area contributed by atoms with Crippen molar-refractivity contribution in [3.63, 3.8) is 0 Å². The van der Waals surface area contributed by atoms with Crippen LogP contribution in [0.1, 0.15) is 41.0 Å². The molecule has 0 aromatic carbocycles. The lowest BCUT2D eigenvalue weighted by Crippen LogP contribution is -2.20. The van der Waals surface area contributed by atoms with Crippen LogP contribution in [0, 0.1) is 0 Å². The van der Waals surface area contributed by atoms with Gasteiger partial charge in [0.1, 0.15) is 0 Å². The predicted octanol–water partition coefficient (Wildman–Crippen LogP) is 2.57. The smallest absolute Gasteiger partial charge is 0.0701 e. The molecule has 102 valence electrons. The molecule has 0 radical (unpaired) electrons. The number of hydrogen-bond donors (Lipinski definition) is 1. The molecule has 0 spiro atoms. The largest absolute Gasteiger partial charge is 0.379 e. The molecule has 0 aromatic heterocycles. The third-order valence-electron chi connectivity index (χ3n) is 2.19. The second-order valence-electron chi connectivity index (χ2n) is 3.64. The van der Waals surface area contributed by atoms with Crippen LogP contribution in [0.2, 0.25) is 0 Å². The van der Waals surface area contributed by atoms with E-state index in [-0.39, 0.29) is 14.9 Å². The second kappa shape index (κ2) is 17.6. The van der Waals surface area contributed by atoms with E-state index in [1.54, 1.807) is 0 Å². The van der Waals surface area contributed by atoms with Crippen LogP contribution in [-0.2, 0) is 9.47 Å². The van der Waals surface area contributed by atoms with Crippen molar-refractivity contribution >= 4 is 13.5 Å². The third kappa shape index (κ3) is 16.7. The molecule has 0 aromatic rings. The maximum absolute atomic E-state index is 5.44. The third-order valence-corrected chi connectivity index (χ3v) is 2.19. The summed E-state index contributed by atoms with van der Waals surface area (Å²) in [7, 11) is 0. The van der Waals surface area contributed by atoms with Gasteiger partial charge in [-0.2, -0.15) is 13.5 Å². The van der Waals surface area contributed by atoms with Gasteiger partial charge in [0.2, 0.25) is 0 Å². The number of likely N-dealkylation sites (N-methyl/N-ethyl adjacent to an activating group) is 1. The van der Waals surface area contributed by atoms with Crippen molar-refractivity contribution in [2.45, 2.75) is 39.5 Å². The van der Waals surface area contributed by atoms with E-state index in [1.165, 1.54) is 25.7 Å². The molecule has 0 rings (SSSR count). The molecule has 3 nitrogen and oxygen atoms in total. The van der Waals surface area contributed by atoms with Crippen molar-refractivity contribution in [1.29, 1.82) is 0 Å². The number of hydrogen-bond acceptors (Lipinski definition) is 3.